The van der Waals surface area contributed by atoms with Gasteiger partial charge in [0.1, 0.15) is 0 Å². The van der Waals surface area contributed by atoms with Crippen LogP contribution in [0.5, 0.6) is 0 Å². The Morgan fingerprint density at radius 3 is 3.07 bits per heavy atom. The van der Waals surface area contributed by atoms with Crippen molar-refractivity contribution in [1.29, 1.82) is 0 Å². The van der Waals surface area contributed by atoms with Crippen LogP contribution in [0, 0.1) is 0 Å². The summed E-state index contributed by atoms with van der Waals surface area (Å²) in [6.07, 6.45) is 0.942. The van der Waals surface area contributed by atoms with Gasteiger partial charge in [-0.05, 0) is 18.3 Å². The van der Waals surface area contributed by atoms with Gasteiger partial charge in [0.05, 0.1) is 5.71 Å². The van der Waals surface area contributed by atoms with E-state index in [1.54, 1.807) is 0 Å². The molecule has 0 bridgehead atoms. The van der Waals surface area contributed by atoms with Crippen LogP contribution < -0.4 is 11.2 Å². The second kappa shape index (κ2) is 4.63. The third-order valence-corrected chi connectivity index (χ3v) is 3.26. The molecule has 1 aromatic rings. The smallest absolute Gasteiger partial charge is 0.184 e. The summed E-state index contributed by atoms with van der Waals surface area (Å²) < 4.78 is 0. The van der Waals surface area contributed by atoms with E-state index >= 15 is 0 Å². The highest BCUT2D eigenvalue weighted by Crippen LogP contribution is 2.29. The van der Waals surface area contributed by atoms with Gasteiger partial charge in [-0.2, -0.15) is 5.10 Å². The standard InChI is InChI=1S/C10H11N3S2/c11-10(14)13-12-8-5-6-15-9-4-2-1-3-7(8)9/h1-4H,5-6H2,(H3,11,13,14)/b12-8+. The zero-order valence-electron chi connectivity index (χ0n) is 8.06. The Balaban J connectivity index is 2.29. The van der Waals surface area contributed by atoms with E-state index in [0.29, 0.717) is 0 Å². The average molecular weight is 237 g/mol. The molecule has 2 rings (SSSR count). The first kappa shape index (κ1) is 10.4. The summed E-state index contributed by atoms with van der Waals surface area (Å²) in [5.74, 6) is 1.05. The lowest BCUT2D eigenvalue weighted by atomic mass is 10.1. The Hall–Kier alpha value is -1.07. The topological polar surface area (TPSA) is 50.4 Å². The first-order chi connectivity index (χ1) is 7.27. The van der Waals surface area contributed by atoms with Crippen LogP contribution in [0.25, 0.3) is 0 Å². The van der Waals surface area contributed by atoms with Gasteiger partial charge < -0.3 is 5.73 Å². The van der Waals surface area contributed by atoms with E-state index in [1.807, 2.05) is 23.9 Å². The van der Waals surface area contributed by atoms with E-state index in [9.17, 15) is 0 Å². The van der Waals surface area contributed by atoms with E-state index in [1.165, 1.54) is 10.5 Å². The Morgan fingerprint density at radius 2 is 2.27 bits per heavy atom. The maximum atomic E-state index is 5.34. The summed E-state index contributed by atoms with van der Waals surface area (Å²) in [7, 11) is 0. The zero-order valence-corrected chi connectivity index (χ0v) is 9.70. The molecule has 0 aliphatic carbocycles. The average Bonchev–Trinajstić information content (AvgIpc) is 2.26. The highest BCUT2D eigenvalue weighted by atomic mass is 32.2. The predicted octanol–water partition coefficient (Wildman–Crippen LogP) is 1.72. The number of nitrogens with two attached hydrogens (primary N) is 1. The van der Waals surface area contributed by atoms with E-state index in [4.69, 9.17) is 18.0 Å². The molecule has 0 aromatic heterocycles. The minimum atomic E-state index is 0.207. The lowest BCUT2D eigenvalue weighted by Crippen LogP contribution is -2.26. The van der Waals surface area contributed by atoms with Crippen molar-refractivity contribution in [3.05, 3.63) is 29.8 Å². The Kier molecular flexibility index (Phi) is 3.23. The SMILES string of the molecule is NC(=S)N/N=C1\CCSc2ccccc21. The van der Waals surface area contributed by atoms with Crippen LogP contribution in [0.15, 0.2) is 34.3 Å². The van der Waals surface area contributed by atoms with Crippen molar-refractivity contribution in [2.45, 2.75) is 11.3 Å². The van der Waals surface area contributed by atoms with E-state index in [0.717, 1.165) is 17.9 Å². The number of thioether (sulfide) groups is 1. The number of benzene rings is 1. The summed E-state index contributed by atoms with van der Waals surface area (Å²) >= 11 is 6.57. The molecule has 1 aliphatic rings. The first-order valence-corrected chi connectivity index (χ1v) is 6.01. The van der Waals surface area contributed by atoms with Crippen molar-refractivity contribution in [3.8, 4) is 0 Å². The summed E-state index contributed by atoms with van der Waals surface area (Å²) in [5.41, 5.74) is 10.2. The van der Waals surface area contributed by atoms with Crippen molar-refractivity contribution in [1.82, 2.24) is 5.43 Å². The van der Waals surface area contributed by atoms with Crippen LogP contribution >= 0.6 is 24.0 Å². The molecule has 1 heterocycles. The van der Waals surface area contributed by atoms with Gasteiger partial charge in [-0.15, -0.1) is 11.8 Å². The van der Waals surface area contributed by atoms with Crippen LogP contribution in [-0.4, -0.2) is 16.6 Å². The molecule has 0 fully saturated rings. The van der Waals surface area contributed by atoms with E-state index < -0.39 is 0 Å². The Bertz CT molecular complexity index is 415. The summed E-state index contributed by atoms with van der Waals surface area (Å²) in [4.78, 5) is 1.27. The van der Waals surface area contributed by atoms with Gasteiger partial charge in [-0.3, -0.25) is 5.43 Å². The maximum absolute atomic E-state index is 5.34. The molecular weight excluding hydrogens is 226 g/mol. The van der Waals surface area contributed by atoms with Crippen molar-refractivity contribution >= 4 is 34.8 Å². The quantitative estimate of drug-likeness (QED) is 0.577. The normalized spacial score (nSPS) is 17.2. The monoisotopic (exact) mass is 237 g/mol. The van der Waals surface area contributed by atoms with Crippen LogP contribution in [-0.2, 0) is 0 Å². The number of nitrogens with one attached hydrogen (secondary N) is 1. The van der Waals surface area contributed by atoms with Gasteiger partial charge in [-0.1, -0.05) is 18.2 Å². The van der Waals surface area contributed by atoms with Crippen LogP contribution in [0.1, 0.15) is 12.0 Å². The summed E-state index contributed by atoms with van der Waals surface area (Å²) in [6.45, 7) is 0. The van der Waals surface area contributed by atoms with Crippen LogP contribution in [0.4, 0.5) is 0 Å². The number of hydrazone groups is 1. The molecule has 0 saturated carbocycles. The minimum Gasteiger partial charge on any atom is -0.375 e. The first-order valence-electron chi connectivity index (χ1n) is 4.61. The number of thiocarbonyl (C=S) groups is 1. The molecule has 0 saturated heterocycles. The molecule has 78 valence electrons. The fraction of sp³-hybridized carbons (Fsp3) is 0.200. The lowest BCUT2D eigenvalue weighted by molar-refractivity contribution is 1.01. The molecule has 0 unspecified atom stereocenters. The third kappa shape index (κ3) is 2.49. The predicted molar refractivity (Wildman–Crippen MR) is 68.2 cm³/mol. The lowest BCUT2D eigenvalue weighted by Gasteiger charge is -2.16. The van der Waals surface area contributed by atoms with Gasteiger partial charge in [0.2, 0.25) is 0 Å². The molecule has 3 nitrogen and oxygen atoms in total. The molecule has 0 atom stereocenters. The van der Waals surface area contributed by atoms with E-state index in [2.05, 4.69) is 22.7 Å². The molecule has 1 aromatic carbocycles. The molecule has 0 spiro atoms. The number of hydrogen-bond donors (Lipinski definition) is 2. The molecular formula is C10H11N3S2. The molecule has 1 aliphatic heterocycles. The number of rotatable bonds is 1. The molecule has 15 heavy (non-hydrogen) atoms. The van der Waals surface area contributed by atoms with Gasteiger partial charge in [-0.25, -0.2) is 0 Å². The van der Waals surface area contributed by atoms with Gasteiger partial charge in [0, 0.05) is 22.6 Å². The fourth-order valence-electron chi connectivity index (χ4n) is 1.46. The molecule has 0 radical (unpaired) electrons. The number of hydrogen-bond acceptors (Lipinski definition) is 3. The van der Waals surface area contributed by atoms with Gasteiger partial charge in [0.25, 0.3) is 0 Å². The molecule has 3 N–H and O–H groups in total. The maximum Gasteiger partial charge on any atom is 0.184 e. The van der Waals surface area contributed by atoms with E-state index in [-0.39, 0.29) is 5.11 Å². The van der Waals surface area contributed by atoms with Gasteiger partial charge in [0.15, 0.2) is 5.11 Å². The Labute approximate surface area is 98.1 Å². The van der Waals surface area contributed by atoms with Crippen molar-refractivity contribution < 1.29 is 0 Å². The highest BCUT2D eigenvalue weighted by molar-refractivity contribution is 7.99. The Morgan fingerprint density at radius 1 is 1.47 bits per heavy atom. The van der Waals surface area contributed by atoms with Crippen molar-refractivity contribution in [2.24, 2.45) is 10.8 Å². The van der Waals surface area contributed by atoms with Crippen LogP contribution in [0.3, 0.4) is 0 Å². The summed E-state index contributed by atoms with van der Waals surface area (Å²) in [6, 6.07) is 8.23. The van der Waals surface area contributed by atoms with Crippen molar-refractivity contribution in [2.75, 3.05) is 5.75 Å². The number of nitrogens with zero attached hydrogens (tertiary/aromatic N) is 1. The third-order valence-electron chi connectivity index (χ3n) is 2.10. The zero-order chi connectivity index (χ0) is 10.7. The largest absolute Gasteiger partial charge is 0.375 e. The number of fused-ring (bicyclic) bond motifs is 1. The van der Waals surface area contributed by atoms with Crippen LogP contribution in [0.2, 0.25) is 0 Å². The van der Waals surface area contributed by atoms with Gasteiger partial charge >= 0.3 is 0 Å². The second-order valence-electron chi connectivity index (χ2n) is 3.13. The molecule has 5 heteroatoms. The van der Waals surface area contributed by atoms with Crippen molar-refractivity contribution in [3.63, 3.8) is 0 Å². The highest BCUT2D eigenvalue weighted by Gasteiger charge is 2.14. The summed E-state index contributed by atoms with van der Waals surface area (Å²) in [5, 5.41) is 4.42. The molecule has 0 amide bonds. The fourth-order valence-corrected chi connectivity index (χ4v) is 2.54. The minimum absolute atomic E-state index is 0.207. The second-order valence-corrected chi connectivity index (χ2v) is 4.71.